The summed E-state index contributed by atoms with van der Waals surface area (Å²) in [4.78, 5) is 0.231. The van der Waals surface area contributed by atoms with Crippen molar-refractivity contribution < 1.29 is 13.2 Å². The van der Waals surface area contributed by atoms with Gasteiger partial charge in [-0.05, 0) is 43.5 Å². The van der Waals surface area contributed by atoms with Crippen molar-refractivity contribution in [1.29, 1.82) is 0 Å². The van der Waals surface area contributed by atoms with E-state index in [4.69, 9.17) is 10.5 Å². The van der Waals surface area contributed by atoms with Crippen LogP contribution in [0.15, 0.2) is 23.1 Å². The fraction of sp³-hybridized carbons (Fsp3) is 0.571. The van der Waals surface area contributed by atoms with Gasteiger partial charge in [-0.25, -0.2) is 13.1 Å². The highest BCUT2D eigenvalue weighted by Gasteiger charge is 2.17. The Labute approximate surface area is 121 Å². The number of sulfonamides is 1. The highest BCUT2D eigenvalue weighted by Crippen LogP contribution is 2.21. The molecule has 0 bridgehead atoms. The number of nitrogens with two attached hydrogens (primary N) is 1. The summed E-state index contributed by atoms with van der Waals surface area (Å²) in [7, 11) is -3.53. The summed E-state index contributed by atoms with van der Waals surface area (Å²) in [5, 5.41) is 0. The molecule has 114 valence electrons. The van der Waals surface area contributed by atoms with Gasteiger partial charge in [-0.3, -0.25) is 0 Å². The van der Waals surface area contributed by atoms with Gasteiger partial charge in [-0.15, -0.1) is 0 Å². The number of hydrogen-bond donors (Lipinski definition) is 2. The summed E-state index contributed by atoms with van der Waals surface area (Å²) in [5.41, 5.74) is 6.64. The Morgan fingerprint density at radius 2 is 2.00 bits per heavy atom. The zero-order valence-electron chi connectivity index (χ0n) is 12.5. The number of benzene rings is 1. The Kier molecular flexibility index (Phi) is 5.98. The van der Waals surface area contributed by atoms with E-state index in [-0.39, 0.29) is 23.4 Å². The Hall–Kier alpha value is -1.11. The number of nitrogens with one attached hydrogen (secondary N) is 1. The van der Waals surface area contributed by atoms with Crippen molar-refractivity contribution in [2.45, 2.75) is 38.6 Å². The van der Waals surface area contributed by atoms with Crippen LogP contribution in [0.1, 0.15) is 26.3 Å². The van der Waals surface area contributed by atoms with E-state index in [1.807, 2.05) is 27.7 Å². The molecule has 0 spiro atoms. The number of ether oxygens (including phenoxy) is 1. The van der Waals surface area contributed by atoms with E-state index in [2.05, 4.69) is 4.72 Å². The van der Waals surface area contributed by atoms with Crippen molar-refractivity contribution in [3.63, 3.8) is 0 Å². The molecule has 0 saturated carbocycles. The molecule has 0 radical (unpaired) electrons. The van der Waals surface area contributed by atoms with Crippen LogP contribution in [0.2, 0.25) is 0 Å². The number of aryl methyl sites for hydroxylation is 1. The van der Waals surface area contributed by atoms with Crippen LogP contribution >= 0.6 is 0 Å². The first-order chi connectivity index (χ1) is 9.27. The summed E-state index contributed by atoms with van der Waals surface area (Å²) in [6.45, 7) is 8.41. The van der Waals surface area contributed by atoms with Crippen LogP contribution in [0, 0.1) is 12.8 Å². The van der Waals surface area contributed by atoms with Gasteiger partial charge >= 0.3 is 0 Å². The Morgan fingerprint density at radius 1 is 1.35 bits per heavy atom. The first-order valence-electron chi connectivity index (χ1n) is 6.76. The zero-order valence-corrected chi connectivity index (χ0v) is 13.3. The quantitative estimate of drug-likeness (QED) is 0.802. The van der Waals surface area contributed by atoms with E-state index >= 15 is 0 Å². The van der Waals surface area contributed by atoms with Crippen molar-refractivity contribution in [2.24, 2.45) is 11.7 Å². The molecule has 3 N–H and O–H groups in total. The van der Waals surface area contributed by atoms with E-state index in [1.54, 1.807) is 18.2 Å². The van der Waals surface area contributed by atoms with Crippen LogP contribution in [0.25, 0.3) is 0 Å². The molecule has 5 nitrogen and oxygen atoms in total. The predicted molar refractivity (Wildman–Crippen MR) is 80.3 cm³/mol. The lowest BCUT2D eigenvalue weighted by molar-refractivity contribution is 0.337. The molecule has 0 fully saturated rings. The maximum Gasteiger partial charge on any atom is 0.240 e. The van der Waals surface area contributed by atoms with E-state index in [0.717, 1.165) is 5.56 Å². The van der Waals surface area contributed by atoms with Gasteiger partial charge < -0.3 is 10.5 Å². The molecule has 0 aliphatic rings. The lowest BCUT2D eigenvalue weighted by atomic mass is 10.1. The molecular formula is C14H24N2O3S. The fourth-order valence-electron chi connectivity index (χ4n) is 1.63. The first kappa shape index (κ1) is 16.9. The van der Waals surface area contributed by atoms with Crippen LogP contribution in [0.3, 0.4) is 0 Å². The van der Waals surface area contributed by atoms with E-state index in [1.165, 1.54) is 0 Å². The summed E-state index contributed by atoms with van der Waals surface area (Å²) < 4.78 is 32.3. The lowest BCUT2D eigenvalue weighted by Crippen LogP contribution is -2.40. The molecule has 1 unspecified atom stereocenters. The van der Waals surface area contributed by atoms with Crippen molar-refractivity contribution in [1.82, 2.24) is 4.72 Å². The van der Waals surface area contributed by atoms with Crippen LogP contribution in [0.5, 0.6) is 5.75 Å². The van der Waals surface area contributed by atoms with Crippen LogP contribution in [-0.4, -0.2) is 27.6 Å². The molecule has 1 rings (SSSR count). The molecule has 1 aromatic rings. The lowest BCUT2D eigenvalue weighted by Gasteiger charge is -2.16. The van der Waals surface area contributed by atoms with Gasteiger partial charge in [-0.2, -0.15) is 0 Å². The standard InChI is InChI=1S/C14H24N2O3S/c1-5-19-14-7-6-12(8-11(14)4)20(17,18)16-9-13(15)10(2)3/h6-8,10,13,16H,5,9,15H2,1-4H3. The molecule has 1 atom stereocenters. The van der Waals surface area contributed by atoms with Crippen molar-refractivity contribution in [3.8, 4) is 5.75 Å². The van der Waals surface area contributed by atoms with Gasteiger partial charge in [0.25, 0.3) is 0 Å². The molecule has 0 saturated heterocycles. The molecule has 20 heavy (non-hydrogen) atoms. The monoisotopic (exact) mass is 300 g/mol. The van der Waals surface area contributed by atoms with Crippen molar-refractivity contribution in [2.75, 3.05) is 13.2 Å². The second-order valence-electron chi connectivity index (χ2n) is 5.12. The highest BCUT2D eigenvalue weighted by molar-refractivity contribution is 7.89. The molecule has 0 aliphatic heterocycles. The molecular weight excluding hydrogens is 276 g/mol. The SMILES string of the molecule is CCOc1ccc(S(=O)(=O)NCC(N)C(C)C)cc1C. The van der Waals surface area contributed by atoms with E-state index < -0.39 is 10.0 Å². The molecule has 0 amide bonds. The first-order valence-corrected chi connectivity index (χ1v) is 8.25. The Balaban J connectivity index is 2.85. The van der Waals surface area contributed by atoms with Gasteiger partial charge in [0.05, 0.1) is 11.5 Å². The summed E-state index contributed by atoms with van der Waals surface area (Å²) in [6, 6.07) is 4.62. The van der Waals surface area contributed by atoms with Crippen LogP contribution < -0.4 is 15.2 Å². The third-order valence-electron chi connectivity index (χ3n) is 3.12. The summed E-state index contributed by atoms with van der Waals surface area (Å²) in [6.07, 6.45) is 0. The second kappa shape index (κ2) is 7.06. The van der Waals surface area contributed by atoms with Gasteiger partial charge in [0.1, 0.15) is 5.75 Å². The normalized spacial score (nSPS) is 13.5. The van der Waals surface area contributed by atoms with Gasteiger partial charge in [0.2, 0.25) is 10.0 Å². The predicted octanol–water partition coefficient (Wildman–Crippen LogP) is 1.66. The number of rotatable bonds is 7. The van der Waals surface area contributed by atoms with Crippen molar-refractivity contribution in [3.05, 3.63) is 23.8 Å². The van der Waals surface area contributed by atoms with E-state index in [9.17, 15) is 8.42 Å². The maximum absolute atomic E-state index is 12.2. The Morgan fingerprint density at radius 3 is 2.50 bits per heavy atom. The maximum atomic E-state index is 12.2. The second-order valence-corrected chi connectivity index (χ2v) is 6.89. The molecule has 6 heteroatoms. The summed E-state index contributed by atoms with van der Waals surface area (Å²) in [5.74, 6) is 0.921. The van der Waals surface area contributed by atoms with Crippen LogP contribution in [-0.2, 0) is 10.0 Å². The molecule has 0 aromatic heterocycles. The van der Waals surface area contributed by atoms with Crippen molar-refractivity contribution >= 4 is 10.0 Å². The molecule has 0 aliphatic carbocycles. The average Bonchev–Trinajstić information content (AvgIpc) is 2.38. The Bertz CT molecular complexity index is 541. The highest BCUT2D eigenvalue weighted by atomic mass is 32.2. The van der Waals surface area contributed by atoms with E-state index in [0.29, 0.717) is 12.4 Å². The summed E-state index contributed by atoms with van der Waals surface area (Å²) >= 11 is 0. The molecule has 1 aromatic carbocycles. The zero-order chi connectivity index (χ0) is 15.3. The number of hydrogen-bond acceptors (Lipinski definition) is 4. The topological polar surface area (TPSA) is 81.4 Å². The molecule has 0 heterocycles. The van der Waals surface area contributed by atoms with Gasteiger partial charge in [-0.1, -0.05) is 13.8 Å². The third kappa shape index (κ3) is 4.47. The minimum absolute atomic E-state index is 0.200. The smallest absolute Gasteiger partial charge is 0.240 e. The minimum atomic E-state index is -3.53. The van der Waals surface area contributed by atoms with Gasteiger partial charge in [0, 0.05) is 12.6 Å². The fourth-order valence-corrected chi connectivity index (χ4v) is 2.79. The van der Waals surface area contributed by atoms with Crippen LogP contribution in [0.4, 0.5) is 0 Å². The largest absolute Gasteiger partial charge is 0.494 e. The minimum Gasteiger partial charge on any atom is -0.494 e. The third-order valence-corrected chi connectivity index (χ3v) is 4.54. The van der Waals surface area contributed by atoms with Gasteiger partial charge in [0.15, 0.2) is 0 Å². The average molecular weight is 300 g/mol.